The van der Waals surface area contributed by atoms with E-state index >= 15 is 0 Å². The third-order valence-corrected chi connectivity index (χ3v) is 3.61. The molecule has 0 atom stereocenters. The van der Waals surface area contributed by atoms with E-state index in [0.29, 0.717) is 0 Å². The van der Waals surface area contributed by atoms with Crippen molar-refractivity contribution in [3.05, 3.63) is 70.3 Å². The van der Waals surface area contributed by atoms with Crippen LogP contribution in [-0.2, 0) is 6.42 Å². The summed E-state index contributed by atoms with van der Waals surface area (Å²) in [4.78, 5) is 0. The predicted molar refractivity (Wildman–Crippen MR) is 88.7 cm³/mol. The number of hydrogen-bond acceptors (Lipinski definition) is 1. The number of aryl methyl sites for hydroxylation is 3. The Labute approximate surface area is 122 Å². The predicted octanol–water partition coefficient (Wildman–Crippen LogP) is 4.37. The summed E-state index contributed by atoms with van der Waals surface area (Å²) >= 11 is 0. The monoisotopic (exact) mass is 265 g/mol. The van der Waals surface area contributed by atoms with Gasteiger partial charge in [-0.3, -0.25) is 0 Å². The maximum atomic E-state index is 5.57. The Hall–Kier alpha value is -1.86. The minimum absolute atomic E-state index is 0.752. The van der Waals surface area contributed by atoms with Gasteiger partial charge in [0.2, 0.25) is 0 Å². The largest absolute Gasteiger partial charge is 0.330 e. The first-order chi connectivity index (χ1) is 9.70. The number of rotatable bonds is 5. The summed E-state index contributed by atoms with van der Waals surface area (Å²) in [5, 5.41) is 0. The van der Waals surface area contributed by atoms with Crippen LogP contribution in [0.1, 0.15) is 34.2 Å². The van der Waals surface area contributed by atoms with Crippen LogP contribution >= 0.6 is 0 Å². The summed E-state index contributed by atoms with van der Waals surface area (Å²) < 4.78 is 0. The van der Waals surface area contributed by atoms with Crippen molar-refractivity contribution >= 4 is 12.2 Å². The Morgan fingerprint density at radius 2 is 1.65 bits per heavy atom. The average molecular weight is 265 g/mol. The van der Waals surface area contributed by atoms with Gasteiger partial charge in [0.1, 0.15) is 0 Å². The Kier molecular flexibility index (Phi) is 5.14. The summed E-state index contributed by atoms with van der Waals surface area (Å²) in [5.41, 5.74) is 12.1. The summed E-state index contributed by atoms with van der Waals surface area (Å²) in [6.45, 7) is 5.07. The van der Waals surface area contributed by atoms with Crippen LogP contribution in [0.2, 0.25) is 0 Å². The fraction of sp³-hybridized carbons (Fsp3) is 0.263. The van der Waals surface area contributed by atoms with Crippen LogP contribution in [0, 0.1) is 13.8 Å². The normalized spacial score (nSPS) is 11.2. The fourth-order valence-electron chi connectivity index (χ4n) is 2.43. The smallest absolute Gasteiger partial charge is 0.00741 e. The van der Waals surface area contributed by atoms with Gasteiger partial charge in [-0.05, 0) is 61.1 Å². The molecule has 0 aliphatic carbocycles. The summed E-state index contributed by atoms with van der Waals surface area (Å²) in [5.74, 6) is 0. The van der Waals surface area contributed by atoms with Crippen molar-refractivity contribution < 1.29 is 0 Å². The highest BCUT2D eigenvalue weighted by molar-refractivity contribution is 5.72. The second-order valence-corrected chi connectivity index (χ2v) is 5.28. The Morgan fingerprint density at radius 3 is 2.35 bits per heavy atom. The maximum absolute atomic E-state index is 5.57. The zero-order valence-corrected chi connectivity index (χ0v) is 12.4. The van der Waals surface area contributed by atoms with Crippen LogP contribution in [0.25, 0.3) is 12.2 Å². The van der Waals surface area contributed by atoms with E-state index < -0.39 is 0 Å². The number of nitrogens with two attached hydrogens (primary N) is 1. The van der Waals surface area contributed by atoms with Gasteiger partial charge < -0.3 is 5.73 Å². The van der Waals surface area contributed by atoms with E-state index in [-0.39, 0.29) is 0 Å². The molecule has 1 nitrogen and oxygen atoms in total. The summed E-state index contributed by atoms with van der Waals surface area (Å²) in [6, 6.07) is 15.1. The molecule has 2 N–H and O–H groups in total. The molecule has 0 spiro atoms. The van der Waals surface area contributed by atoms with E-state index in [4.69, 9.17) is 5.73 Å². The quantitative estimate of drug-likeness (QED) is 0.798. The van der Waals surface area contributed by atoms with Crippen LogP contribution in [0.4, 0.5) is 0 Å². The minimum Gasteiger partial charge on any atom is -0.330 e. The van der Waals surface area contributed by atoms with Crippen LogP contribution in [-0.4, -0.2) is 6.54 Å². The Morgan fingerprint density at radius 1 is 0.950 bits per heavy atom. The molecule has 2 rings (SSSR count). The van der Waals surface area contributed by atoms with Gasteiger partial charge in [0.05, 0.1) is 0 Å². The third kappa shape index (κ3) is 3.82. The second-order valence-electron chi connectivity index (χ2n) is 5.28. The van der Waals surface area contributed by atoms with Crippen molar-refractivity contribution in [3.63, 3.8) is 0 Å². The SMILES string of the molecule is Cc1cccc(C)c1C=Cc1cccc(CCCN)c1. The van der Waals surface area contributed by atoms with Crippen LogP contribution in [0.3, 0.4) is 0 Å². The fourth-order valence-corrected chi connectivity index (χ4v) is 2.43. The molecule has 0 aliphatic rings. The molecule has 20 heavy (non-hydrogen) atoms. The van der Waals surface area contributed by atoms with Crippen LogP contribution in [0.5, 0.6) is 0 Å². The molecule has 0 fully saturated rings. The highest BCUT2D eigenvalue weighted by atomic mass is 14.5. The molecule has 0 aromatic heterocycles. The summed E-state index contributed by atoms with van der Waals surface area (Å²) in [7, 11) is 0. The van der Waals surface area contributed by atoms with E-state index in [0.717, 1.165) is 19.4 Å². The van der Waals surface area contributed by atoms with Gasteiger partial charge in [0.15, 0.2) is 0 Å². The molecule has 104 valence electrons. The molecule has 0 aliphatic heterocycles. The molecular formula is C19H23N. The maximum Gasteiger partial charge on any atom is -0.00741 e. The van der Waals surface area contributed by atoms with Gasteiger partial charge in [0, 0.05) is 0 Å². The first kappa shape index (κ1) is 14.5. The molecule has 0 amide bonds. The Balaban J connectivity index is 2.19. The van der Waals surface area contributed by atoms with E-state index in [9.17, 15) is 0 Å². The van der Waals surface area contributed by atoms with Crippen molar-refractivity contribution in [2.45, 2.75) is 26.7 Å². The molecule has 0 saturated carbocycles. The second kappa shape index (κ2) is 7.06. The molecular weight excluding hydrogens is 242 g/mol. The van der Waals surface area contributed by atoms with Crippen molar-refractivity contribution in [3.8, 4) is 0 Å². The van der Waals surface area contributed by atoms with Gasteiger partial charge in [0.25, 0.3) is 0 Å². The number of benzene rings is 2. The molecule has 2 aromatic carbocycles. The highest BCUT2D eigenvalue weighted by Gasteiger charge is 1.98. The number of hydrogen-bond donors (Lipinski definition) is 1. The lowest BCUT2D eigenvalue weighted by atomic mass is 10.0. The van der Waals surface area contributed by atoms with Gasteiger partial charge in [-0.1, -0.05) is 54.6 Å². The molecule has 0 bridgehead atoms. The molecule has 0 saturated heterocycles. The molecule has 0 heterocycles. The third-order valence-electron chi connectivity index (χ3n) is 3.61. The van der Waals surface area contributed by atoms with Crippen molar-refractivity contribution in [2.24, 2.45) is 5.73 Å². The Bertz CT molecular complexity index is 576. The lowest BCUT2D eigenvalue weighted by molar-refractivity contribution is 0.832. The first-order valence-electron chi connectivity index (χ1n) is 7.24. The lowest BCUT2D eigenvalue weighted by Crippen LogP contribution is -2.00. The first-order valence-corrected chi connectivity index (χ1v) is 7.24. The average Bonchev–Trinajstić information content (AvgIpc) is 2.45. The van der Waals surface area contributed by atoms with E-state index in [2.05, 4.69) is 68.5 Å². The van der Waals surface area contributed by atoms with Crippen LogP contribution < -0.4 is 5.73 Å². The van der Waals surface area contributed by atoms with Crippen molar-refractivity contribution in [1.82, 2.24) is 0 Å². The van der Waals surface area contributed by atoms with Crippen molar-refractivity contribution in [1.29, 1.82) is 0 Å². The van der Waals surface area contributed by atoms with E-state index in [1.54, 1.807) is 0 Å². The lowest BCUT2D eigenvalue weighted by Gasteiger charge is -2.05. The van der Waals surface area contributed by atoms with Gasteiger partial charge in [-0.2, -0.15) is 0 Å². The van der Waals surface area contributed by atoms with Crippen LogP contribution in [0.15, 0.2) is 42.5 Å². The summed E-state index contributed by atoms with van der Waals surface area (Å²) in [6.07, 6.45) is 6.51. The van der Waals surface area contributed by atoms with Gasteiger partial charge in [-0.25, -0.2) is 0 Å². The minimum atomic E-state index is 0.752. The zero-order chi connectivity index (χ0) is 14.4. The standard InChI is InChI=1S/C19H23N/c1-15-6-3-7-16(2)19(15)12-11-18-9-4-8-17(14-18)10-5-13-20/h3-4,6-9,11-12,14H,5,10,13,20H2,1-2H3. The zero-order valence-electron chi connectivity index (χ0n) is 12.4. The molecule has 1 heteroatoms. The molecule has 0 radical (unpaired) electrons. The van der Waals surface area contributed by atoms with E-state index in [1.807, 2.05) is 0 Å². The van der Waals surface area contributed by atoms with E-state index in [1.165, 1.54) is 27.8 Å². The van der Waals surface area contributed by atoms with Gasteiger partial charge in [-0.15, -0.1) is 0 Å². The highest BCUT2D eigenvalue weighted by Crippen LogP contribution is 2.17. The topological polar surface area (TPSA) is 26.0 Å². The molecule has 0 unspecified atom stereocenters. The molecule has 2 aromatic rings. The van der Waals surface area contributed by atoms with Crippen molar-refractivity contribution in [2.75, 3.05) is 6.54 Å². The van der Waals surface area contributed by atoms with Gasteiger partial charge >= 0.3 is 0 Å².